The van der Waals surface area contributed by atoms with Crippen LogP contribution in [-0.4, -0.2) is 38.0 Å². The summed E-state index contributed by atoms with van der Waals surface area (Å²) in [7, 11) is 0. The van der Waals surface area contributed by atoms with Crippen molar-refractivity contribution >= 4 is 16.8 Å². The number of piperidine rings is 1. The molecule has 0 N–H and O–H groups in total. The van der Waals surface area contributed by atoms with Crippen LogP contribution in [0.1, 0.15) is 54.7 Å². The molecule has 2 fully saturated rings. The van der Waals surface area contributed by atoms with Crippen molar-refractivity contribution < 1.29 is 4.79 Å². The number of carbonyl (C=O) groups is 1. The van der Waals surface area contributed by atoms with E-state index in [0.717, 1.165) is 55.9 Å². The first kappa shape index (κ1) is 17.5. The van der Waals surface area contributed by atoms with E-state index in [1.165, 1.54) is 24.2 Å². The van der Waals surface area contributed by atoms with Gasteiger partial charge >= 0.3 is 0 Å². The molecule has 1 saturated heterocycles. The zero-order valence-corrected chi connectivity index (χ0v) is 16.6. The third kappa shape index (κ3) is 3.23. The third-order valence-electron chi connectivity index (χ3n) is 6.41. The summed E-state index contributed by atoms with van der Waals surface area (Å²) in [5, 5.41) is 1.14. The van der Waals surface area contributed by atoms with E-state index >= 15 is 0 Å². The Morgan fingerprint density at radius 2 is 1.89 bits per heavy atom. The van der Waals surface area contributed by atoms with Crippen LogP contribution in [0, 0.1) is 5.92 Å². The van der Waals surface area contributed by atoms with Gasteiger partial charge in [-0.25, -0.2) is 4.98 Å². The van der Waals surface area contributed by atoms with Crippen LogP contribution in [0.2, 0.25) is 0 Å². The summed E-state index contributed by atoms with van der Waals surface area (Å²) in [6.07, 6.45) is 10.9. The predicted molar refractivity (Wildman–Crippen MR) is 110 cm³/mol. The van der Waals surface area contributed by atoms with Gasteiger partial charge in [-0.05, 0) is 62.8 Å². The van der Waals surface area contributed by atoms with E-state index in [1.807, 2.05) is 23.2 Å². The van der Waals surface area contributed by atoms with Gasteiger partial charge in [0.25, 0.3) is 5.91 Å². The number of imidazole rings is 1. The van der Waals surface area contributed by atoms with Gasteiger partial charge in [-0.15, -0.1) is 0 Å². The smallest absolute Gasteiger partial charge is 0.253 e. The summed E-state index contributed by atoms with van der Waals surface area (Å²) in [5.41, 5.74) is 2.00. The maximum Gasteiger partial charge on any atom is 0.253 e. The molecule has 0 bridgehead atoms. The molecule has 0 radical (unpaired) electrons. The molecule has 1 aliphatic carbocycles. The average Bonchev–Trinajstić information content (AvgIpc) is 3.27. The summed E-state index contributed by atoms with van der Waals surface area (Å²) in [6, 6.07) is 8.19. The van der Waals surface area contributed by atoms with E-state index < -0.39 is 0 Å². The number of likely N-dealkylation sites (tertiary alicyclic amines) is 1. The van der Waals surface area contributed by atoms with E-state index in [1.54, 1.807) is 0 Å². The van der Waals surface area contributed by atoms with Gasteiger partial charge in [-0.3, -0.25) is 4.79 Å². The van der Waals surface area contributed by atoms with Crippen molar-refractivity contribution in [3.63, 3.8) is 0 Å². The fraction of sp³-hybridized carbons (Fsp3) is 0.478. The number of hydrogen-bond acceptors (Lipinski definition) is 2. The van der Waals surface area contributed by atoms with Crippen molar-refractivity contribution in [1.82, 2.24) is 19.0 Å². The number of aryl methyl sites for hydroxylation is 1. The highest BCUT2D eigenvalue weighted by molar-refractivity contribution is 5.98. The molecule has 3 heterocycles. The Labute approximate surface area is 166 Å². The summed E-state index contributed by atoms with van der Waals surface area (Å²) < 4.78 is 4.56. The van der Waals surface area contributed by atoms with Gasteiger partial charge in [-0.1, -0.05) is 0 Å². The second kappa shape index (κ2) is 7.12. The lowest BCUT2D eigenvalue weighted by Crippen LogP contribution is -2.38. The van der Waals surface area contributed by atoms with Crippen LogP contribution in [-0.2, 0) is 13.1 Å². The number of amides is 1. The molecule has 5 heteroatoms. The number of hydrogen-bond donors (Lipinski definition) is 0. The molecule has 5 nitrogen and oxygen atoms in total. The van der Waals surface area contributed by atoms with E-state index in [2.05, 4.69) is 45.6 Å². The molecule has 5 rings (SSSR count). The molecule has 1 aliphatic heterocycles. The van der Waals surface area contributed by atoms with Crippen molar-refractivity contribution in [1.29, 1.82) is 0 Å². The number of benzene rings is 1. The predicted octanol–water partition coefficient (Wildman–Crippen LogP) is 4.29. The Bertz CT molecular complexity index is 989. The number of fused-ring (bicyclic) bond motifs is 1. The van der Waals surface area contributed by atoms with Crippen LogP contribution in [0.25, 0.3) is 10.9 Å². The highest BCUT2D eigenvalue weighted by Crippen LogP contribution is 2.33. The van der Waals surface area contributed by atoms with Crippen LogP contribution < -0.4 is 0 Å². The molecule has 2 aliphatic rings. The molecule has 3 aromatic rings. The van der Waals surface area contributed by atoms with Crippen molar-refractivity contribution in [3.05, 3.63) is 54.2 Å². The summed E-state index contributed by atoms with van der Waals surface area (Å²) in [4.78, 5) is 19.7. The second-order valence-electron chi connectivity index (χ2n) is 8.32. The van der Waals surface area contributed by atoms with Crippen molar-refractivity contribution in [2.45, 2.75) is 51.6 Å². The van der Waals surface area contributed by atoms with Gasteiger partial charge in [-0.2, -0.15) is 0 Å². The first-order valence-electron chi connectivity index (χ1n) is 10.6. The van der Waals surface area contributed by atoms with Crippen LogP contribution in [0.4, 0.5) is 0 Å². The van der Waals surface area contributed by atoms with Gasteiger partial charge in [0.15, 0.2) is 0 Å². The fourth-order valence-electron chi connectivity index (χ4n) is 4.55. The van der Waals surface area contributed by atoms with Crippen LogP contribution in [0.3, 0.4) is 0 Å². The lowest BCUT2D eigenvalue weighted by atomic mass is 9.95. The van der Waals surface area contributed by atoms with Gasteiger partial charge in [0.1, 0.15) is 5.82 Å². The van der Waals surface area contributed by atoms with Gasteiger partial charge in [0, 0.05) is 67.2 Å². The largest absolute Gasteiger partial charge is 0.348 e. The van der Waals surface area contributed by atoms with E-state index in [9.17, 15) is 4.79 Å². The molecular weight excluding hydrogens is 348 g/mol. The lowest BCUT2D eigenvalue weighted by Gasteiger charge is -2.32. The number of aromatic nitrogens is 3. The molecule has 2 aromatic heterocycles. The number of rotatable bonds is 5. The van der Waals surface area contributed by atoms with E-state index in [4.69, 9.17) is 0 Å². The summed E-state index contributed by atoms with van der Waals surface area (Å²) in [5.74, 6) is 2.71. The first-order chi connectivity index (χ1) is 13.7. The van der Waals surface area contributed by atoms with Crippen molar-refractivity contribution in [2.24, 2.45) is 5.92 Å². The van der Waals surface area contributed by atoms with Crippen LogP contribution >= 0.6 is 0 Å². The summed E-state index contributed by atoms with van der Waals surface area (Å²) in [6.45, 7) is 5.83. The molecule has 1 saturated carbocycles. The first-order valence-corrected chi connectivity index (χ1v) is 10.6. The minimum absolute atomic E-state index is 0.158. The zero-order chi connectivity index (χ0) is 19.1. The highest BCUT2D eigenvalue weighted by atomic mass is 16.2. The normalized spacial score (nSPS) is 18.1. The third-order valence-corrected chi connectivity index (χ3v) is 6.41. The molecule has 1 aromatic carbocycles. The molecule has 0 unspecified atom stereocenters. The maximum atomic E-state index is 13.0. The number of carbonyl (C=O) groups excluding carboxylic acids is 1. The van der Waals surface area contributed by atoms with Crippen LogP contribution in [0.5, 0.6) is 0 Å². The quantitative estimate of drug-likeness (QED) is 0.667. The monoisotopic (exact) mass is 376 g/mol. The molecule has 146 valence electrons. The van der Waals surface area contributed by atoms with Gasteiger partial charge in [0.05, 0.1) is 0 Å². The molecule has 28 heavy (non-hydrogen) atoms. The molecular formula is C23H28N4O. The topological polar surface area (TPSA) is 43.1 Å². The standard InChI is InChI=1S/C23H28N4O/c1-2-25-11-9-19-15-20(5-6-21(19)25)23(28)26-12-7-18(8-13-26)22-24-10-14-27(22)16-17-3-4-17/h5-6,9-11,14-15,17-18H,2-4,7-8,12-13,16H2,1H3. The molecule has 0 atom stereocenters. The molecule has 0 spiro atoms. The Morgan fingerprint density at radius 1 is 1.07 bits per heavy atom. The average molecular weight is 377 g/mol. The maximum absolute atomic E-state index is 13.0. The summed E-state index contributed by atoms with van der Waals surface area (Å²) >= 11 is 0. The Balaban J connectivity index is 1.26. The lowest BCUT2D eigenvalue weighted by molar-refractivity contribution is 0.0710. The fourth-order valence-corrected chi connectivity index (χ4v) is 4.55. The molecule has 1 amide bonds. The van der Waals surface area contributed by atoms with Crippen LogP contribution in [0.15, 0.2) is 42.9 Å². The minimum atomic E-state index is 0.158. The highest BCUT2D eigenvalue weighted by Gasteiger charge is 2.29. The zero-order valence-electron chi connectivity index (χ0n) is 16.6. The second-order valence-corrected chi connectivity index (χ2v) is 8.32. The minimum Gasteiger partial charge on any atom is -0.348 e. The van der Waals surface area contributed by atoms with Crippen molar-refractivity contribution in [2.75, 3.05) is 13.1 Å². The Hall–Kier alpha value is -2.56. The Kier molecular flexibility index (Phi) is 4.46. The Morgan fingerprint density at radius 3 is 2.64 bits per heavy atom. The van der Waals surface area contributed by atoms with Crippen molar-refractivity contribution in [3.8, 4) is 0 Å². The SMILES string of the molecule is CCn1ccc2cc(C(=O)N3CCC(c4nccn4CC4CC4)CC3)ccc21. The van der Waals surface area contributed by atoms with Gasteiger partial charge in [0.2, 0.25) is 0 Å². The van der Waals surface area contributed by atoms with E-state index in [0.29, 0.717) is 5.92 Å². The van der Waals surface area contributed by atoms with Gasteiger partial charge < -0.3 is 14.0 Å². The van der Waals surface area contributed by atoms with E-state index in [-0.39, 0.29) is 5.91 Å². The number of nitrogens with zero attached hydrogens (tertiary/aromatic N) is 4.